The van der Waals surface area contributed by atoms with Crippen molar-refractivity contribution in [1.29, 1.82) is 0 Å². The van der Waals surface area contributed by atoms with Crippen molar-refractivity contribution in [2.75, 3.05) is 17.6 Å². The third-order valence-corrected chi connectivity index (χ3v) is 6.77. The average Bonchev–Trinajstić information content (AvgIpc) is 3.38. The second kappa shape index (κ2) is 9.75. The number of nitrogens with zero attached hydrogens (tertiary/aromatic N) is 4. The summed E-state index contributed by atoms with van der Waals surface area (Å²) in [6.45, 7) is 2.62. The zero-order chi connectivity index (χ0) is 22.7. The normalized spacial score (nSPS) is 15.7. The van der Waals surface area contributed by atoms with Gasteiger partial charge in [0.05, 0.1) is 22.4 Å². The first-order valence-electron chi connectivity index (χ1n) is 10.4. The molecule has 1 aliphatic heterocycles. The van der Waals surface area contributed by atoms with E-state index in [1.165, 1.54) is 11.8 Å². The number of aryl methyl sites for hydroxylation is 1. The highest BCUT2D eigenvalue weighted by molar-refractivity contribution is 7.99. The van der Waals surface area contributed by atoms with Gasteiger partial charge in [-0.05, 0) is 49.6 Å². The Morgan fingerprint density at radius 1 is 1.19 bits per heavy atom. The van der Waals surface area contributed by atoms with E-state index in [1.54, 1.807) is 12.1 Å². The summed E-state index contributed by atoms with van der Waals surface area (Å²) >= 11 is 7.56. The number of hydrogen-bond donors (Lipinski definition) is 1. The number of hydrogen-bond acceptors (Lipinski definition) is 5. The highest BCUT2D eigenvalue weighted by Crippen LogP contribution is 2.34. The lowest BCUT2D eigenvalue weighted by atomic mass is 10.1. The van der Waals surface area contributed by atoms with Crippen LogP contribution in [0.1, 0.15) is 40.6 Å². The number of amides is 2. The van der Waals surface area contributed by atoms with E-state index in [-0.39, 0.29) is 23.6 Å². The molecule has 0 aliphatic carbocycles. The van der Waals surface area contributed by atoms with Gasteiger partial charge in [0.2, 0.25) is 5.91 Å². The molecular formula is C23H24ClN5O2S. The Balaban J connectivity index is 1.43. The molecule has 2 amide bonds. The second-order valence-electron chi connectivity index (χ2n) is 7.74. The Hall–Kier alpha value is -2.84. The van der Waals surface area contributed by atoms with E-state index in [2.05, 4.69) is 15.5 Å². The zero-order valence-corrected chi connectivity index (χ0v) is 19.5. The second-order valence-corrected chi connectivity index (χ2v) is 9.09. The van der Waals surface area contributed by atoms with Gasteiger partial charge in [-0.2, -0.15) is 0 Å². The molecule has 0 bridgehead atoms. The van der Waals surface area contributed by atoms with Crippen molar-refractivity contribution in [2.24, 2.45) is 7.05 Å². The first-order valence-corrected chi connectivity index (χ1v) is 11.7. The van der Waals surface area contributed by atoms with Crippen LogP contribution in [0.4, 0.5) is 5.69 Å². The fourth-order valence-electron chi connectivity index (χ4n) is 3.86. The zero-order valence-electron chi connectivity index (χ0n) is 17.9. The molecular weight excluding hydrogens is 446 g/mol. The molecule has 1 N–H and O–H groups in total. The fourth-order valence-corrected chi connectivity index (χ4v) is 4.79. The Kier molecular flexibility index (Phi) is 6.81. The average molecular weight is 470 g/mol. The van der Waals surface area contributed by atoms with E-state index in [0.717, 1.165) is 24.1 Å². The van der Waals surface area contributed by atoms with Gasteiger partial charge in [0.15, 0.2) is 11.0 Å². The van der Waals surface area contributed by atoms with Crippen LogP contribution in [0.2, 0.25) is 5.02 Å². The van der Waals surface area contributed by atoms with Gasteiger partial charge >= 0.3 is 0 Å². The molecule has 0 saturated carbocycles. The molecule has 166 valence electrons. The topological polar surface area (TPSA) is 80.1 Å². The molecule has 2 heterocycles. The molecule has 1 atom stereocenters. The van der Waals surface area contributed by atoms with Gasteiger partial charge in [-0.1, -0.05) is 47.6 Å². The van der Waals surface area contributed by atoms with Crippen molar-refractivity contribution in [3.8, 4) is 0 Å². The van der Waals surface area contributed by atoms with Crippen LogP contribution in [0.3, 0.4) is 0 Å². The molecule has 2 aromatic carbocycles. The predicted molar refractivity (Wildman–Crippen MR) is 126 cm³/mol. The molecule has 0 spiro atoms. The lowest BCUT2D eigenvalue weighted by Crippen LogP contribution is -2.32. The summed E-state index contributed by atoms with van der Waals surface area (Å²) in [4.78, 5) is 27.3. The summed E-state index contributed by atoms with van der Waals surface area (Å²) in [6, 6.07) is 14.6. The number of carbonyl (C=O) groups is 2. The summed E-state index contributed by atoms with van der Waals surface area (Å²) in [5.41, 5.74) is 2.35. The van der Waals surface area contributed by atoms with Crippen LogP contribution in [-0.2, 0) is 11.8 Å². The predicted octanol–water partition coefficient (Wildman–Crippen LogP) is 4.49. The number of thioether (sulfide) groups is 1. The van der Waals surface area contributed by atoms with Crippen molar-refractivity contribution >= 4 is 40.9 Å². The van der Waals surface area contributed by atoms with Crippen LogP contribution >= 0.6 is 23.4 Å². The Morgan fingerprint density at radius 2 is 2.00 bits per heavy atom. The van der Waals surface area contributed by atoms with Gasteiger partial charge in [0, 0.05) is 19.3 Å². The number of benzene rings is 2. The fraction of sp³-hybridized carbons (Fsp3) is 0.304. The lowest BCUT2D eigenvalue weighted by Gasteiger charge is -2.24. The monoisotopic (exact) mass is 469 g/mol. The first kappa shape index (κ1) is 22.4. The number of carbonyl (C=O) groups excluding carboxylic acids is 2. The summed E-state index contributed by atoms with van der Waals surface area (Å²) < 4.78 is 1.87. The number of nitrogens with one attached hydrogen (secondary N) is 1. The number of halogens is 1. The van der Waals surface area contributed by atoms with E-state index in [9.17, 15) is 9.59 Å². The molecule has 1 aromatic heterocycles. The maximum absolute atomic E-state index is 13.1. The molecule has 3 aromatic rings. The quantitative estimate of drug-likeness (QED) is 0.538. The van der Waals surface area contributed by atoms with Crippen molar-refractivity contribution < 1.29 is 9.59 Å². The molecule has 1 fully saturated rings. The van der Waals surface area contributed by atoms with E-state index in [1.807, 2.05) is 59.8 Å². The smallest absolute Gasteiger partial charge is 0.255 e. The largest absolute Gasteiger partial charge is 0.328 e. The summed E-state index contributed by atoms with van der Waals surface area (Å²) in [7, 11) is 1.87. The van der Waals surface area contributed by atoms with Crippen LogP contribution in [0.15, 0.2) is 53.7 Å². The van der Waals surface area contributed by atoms with Gasteiger partial charge in [-0.15, -0.1) is 10.2 Å². The van der Waals surface area contributed by atoms with E-state index in [0.29, 0.717) is 28.1 Å². The number of anilines is 1. The number of rotatable bonds is 6. The van der Waals surface area contributed by atoms with Crippen LogP contribution in [-0.4, -0.2) is 43.8 Å². The van der Waals surface area contributed by atoms with Gasteiger partial charge in [-0.3, -0.25) is 9.59 Å². The van der Waals surface area contributed by atoms with Crippen LogP contribution < -0.4 is 5.32 Å². The maximum atomic E-state index is 13.1. The van der Waals surface area contributed by atoms with E-state index >= 15 is 0 Å². The third kappa shape index (κ3) is 4.81. The van der Waals surface area contributed by atoms with Crippen molar-refractivity contribution in [1.82, 2.24) is 19.7 Å². The molecule has 9 heteroatoms. The van der Waals surface area contributed by atoms with Gasteiger partial charge in [-0.25, -0.2) is 0 Å². The minimum absolute atomic E-state index is 0.104. The Morgan fingerprint density at radius 3 is 2.78 bits per heavy atom. The summed E-state index contributed by atoms with van der Waals surface area (Å²) in [6.07, 6.45) is 1.69. The molecule has 0 radical (unpaired) electrons. The van der Waals surface area contributed by atoms with Gasteiger partial charge < -0.3 is 14.8 Å². The molecule has 1 aliphatic rings. The van der Waals surface area contributed by atoms with Crippen molar-refractivity contribution in [3.05, 3.63) is 70.5 Å². The van der Waals surface area contributed by atoms with Crippen molar-refractivity contribution in [3.63, 3.8) is 0 Å². The van der Waals surface area contributed by atoms with Crippen LogP contribution in [0, 0.1) is 6.92 Å². The van der Waals surface area contributed by atoms with Gasteiger partial charge in [0.25, 0.3) is 5.91 Å². The third-order valence-electron chi connectivity index (χ3n) is 5.42. The number of likely N-dealkylation sites (tertiary alicyclic amines) is 1. The number of aromatic nitrogens is 3. The molecule has 32 heavy (non-hydrogen) atoms. The van der Waals surface area contributed by atoms with Crippen LogP contribution in [0.25, 0.3) is 0 Å². The highest BCUT2D eigenvalue weighted by Gasteiger charge is 2.34. The molecule has 1 saturated heterocycles. The van der Waals surface area contributed by atoms with E-state index in [4.69, 9.17) is 11.6 Å². The Labute approximate surface area is 196 Å². The Bertz CT molecular complexity index is 1150. The molecule has 1 unspecified atom stereocenters. The van der Waals surface area contributed by atoms with E-state index < -0.39 is 0 Å². The van der Waals surface area contributed by atoms with Crippen LogP contribution in [0.5, 0.6) is 0 Å². The highest BCUT2D eigenvalue weighted by atomic mass is 35.5. The minimum atomic E-state index is -0.174. The summed E-state index contributed by atoms with van der Waals surface area (Å²) in [5.74, 6) is 0.714. The maximum Gasteiger partial charge on any atom is 0.255 e. The standard InChI is InChI=1S/C23H24ClN5O2S/c1-15-7-5-8-16(13-15)25-20(30)14-32-23-27-26-21(28(23)2)19-11-6-12-29(19)22(31)17-9-3-4-10-18(17)24/h3-5,7-10,13,19H,6,11-12,14H2,1-2H3,(H,25,30). The van der Waals surface area contributed by atoms with Crippen molar-refractivity contribution in [2.45, 2.75) is 31.0 Å². The lowest BCUT2D eigenvalue weighted by molar-refractivity contribution is -0.113. The van der Waals surface area contributed by atoms with Gasteiger partial charge in [0.1, 0.15) is 0 Å². The first-order chi connectivity index (χ1) is 15.4. The summed E-state index contributed by atoms with van der Waals surface area (Å²) in [5, 5.41) is 12.6. The molecule has 4 rings (SSSR count). The SMILES string of the molecule is Cc1cccc(NC(=O)CSc2nnc(C3CCCN3C(=O)c3ccccc3Cl)n2C)c1. The minimum Gasteiger partial charge on any atom is -0.328 e. The molecule has 7 nitrogen and oxygen atoms in total.